The molecule has 1 atom stereocenters. The molecule has 1 heterocycles. The van der Waals surface area contributed by atoms with Crippen molar-refractivity contribution >= 4 is 27.5 Å². The molecule has 0 radical (unpaired) electrons. The molecule has 0 aliphatic carbocycles. The molecule has 1 aromatic heterocycles. The third-order valence-corrected chi connectivity index (χ3v) is 4.34. The van der Waals surface area contributed by atoms with Gasteiger partial charge < -0.3 is 9.84 Å². The fourth-order valence-corrected chi connectivity index (χ4v) is 3.07. The average molecular weight is 294 g/mol. The van der Waals surface area contributed by atoms with Crippen molar-refractivity contribution in [1.29, 1.82) is 0 Å². The van der Waals surface area contributed by atoms with Gasteiger partial charge in [-0.05, 0) is 19.1 Å². The zero-order valence-electron chi connectivity index (χ0n) is 11.6. The molecule has 1 N–H and O–H groups in total. The van der Waals surface area contributed by atoms with Crippen molar-refractivity contribution in [3.63, 3.8) is 0 Å². The molecule has 0 saturated heterocycles. The van der Waals surface area contributed by atoms with Gasteiger partial charge in [0.05, 0.1) is 29.4 Å². The molecule has 0 spiro atoms. The SMILES string of the molecule is COCCN(CC(=O)O)C(C)c1nc2ccccc2s1. The second-order valence-corrected chi connectivity index (χ2v) is 5.62. The highest BCUT2D eigenvalue weighted by molar-refractivity contribution is 7.18. The van der Waals surface area contributed by atoms with Crippen molar-refractivity contribution in [3.8, 4) is 0 Å². The number of rotatable bonds is 7. The third-order valence-electron chi connectivity index (χ3n) is 3.14. The first kappa shape index (κ1) is 14.9. The van der Waals surface area contributed by atoms with E-state index in [1.807, 2.05) is 36.1 Å². The van der Waals surface area contributed by atoms with Crippen LogP contribution in [0.1, 0.15) is 18.0 Å². The van der Waals surface area contributed by atoms with E-state index in [2.05, 4.69) is 4.98 Å². The molecule has 0 bridgehead atoms. The highest BCUT2D eigenvalue weighted by atomic mass is 32.1. The summed E-state index contributed by atoms with van der Waals surface area (Å²) in [5.41, 5.74) is 0.960. The van der Waals surface area contributed by atoms with Gasteiger partial charge >= 0.3 is 5.97 Å². The first-order chi connectivity index (χ1) is 9.61. The molecule has 108 valence electrons. The molecule has 1 aromatic carbocycles. The van der Waals surface area contributed by atoms with Gasteiger partial charge in [-0.2, -0.15) is 0 Å². The Labute approximate surface area is 121 Å². The molecule has 6 heteroatoms. The number of carbonyl (C=O) groups is 1. The fraction of sp³-hybridized carbons (Fsp3) is 0.429. The number of hydrogen-bond acceptors (Lipinski definition) is 5. The van der Waals surface area contributed by atoms with E-state index in [1.165, 1.54) is 0 Å². The maximum atomic E-state index is 11.0. The number of fused-ring (bicyclic) bond motifs is 1. The topological polar surface area (TPSA) is 62.7 Å². The summed E-state index contributed by atoms with van der Waals surface area (Å²) in [6.07, 6.45) is 0. The second kappa shape index (κ2) is 6.78. The Balaban J connectivity index is 2.20. The predicted octanol–water partition coefficient (Wildman–Crippen LogP) is 2.39. The van der Waals surface area contributed by atoms with E-state index in [0.717, 1.165) is 15.2 Å². The Kier molecular flexibility index (Phi) is 5.05. The van der Waals surface area contributed by atoms with E-state index in [4.69, 9.17) is 9.84 Å². The standard InChI is InChI=1S/C14H18N2O3S/c1-10(16(7-8-19-2)9-13(17)18)14-15-11-5-3-4-6-12(11)20-14/h3-6,10H,7-9H2,1-2H3,(H,17,18). The number of benzene rings is 1. The number of aromatic nitrogens is 1. The largest absolute Gasteiger partial charge is 0.480 e. The first-order valence-corrected chi connectivity index (χ1v) is 7.23. The number of ether oxygens (including phenoxy) is 1. The summed E-state index contributed by atoms with van der Waals surface area (Å²) in [6.45, 7) is 3.04. The lowest BCUT2D eigenvalue weighted by Crippen LogP contribution is -2.34. The van der Waals surface area contributed by atoms with Crippen molar-refractivity contribution in [3.05, 3.63) is 29.3 Å². The van der Waals surface area contributed by atoms with Gasteiger partial charge in [-0.25, -0.2) is 4.98 Å². The van der Waals surface area contributed by atoms with E-state index in [0.29, 0.717) is 13.2 Å². The third kappa shape index (κ3) is 3.53. The molecular weight excluding hydrogens is 276 g/mol. The van der Waals surface area contributed by atoms with Gasteiger partial charge in [0.15, 0.2) is 0 Å². The van der Waals surface area contributed by atoms with Crippen LogP contribution in [0, 0.1) is 0 Å². The van der Waals surface area contributed by atoms with E-state index < -0.39 is 5.97 Å². The number of hydrogen-bond donors (Lipinski definition) is 1. The predicted molar refractivity (Wildman–Crippen MR) is 79.1 cm³/mol. The number of methoxy groups -OCH3 is 1. The van der Waals surface area contributed by atoms with E-state index >= 15 is 0 Å². The summed E-state index contributed by atoms with van der Waals surface area (Å²) >= 11 is 1.61. The summed E-state index contributed by atoms with van der Waals surface area (Å²) < 4.78 is 6.17. The molecular formula is C14H18N2O3S. The number of aliphatic carboxylic acids is 1. The summed E-state index contributed by atoms with van der Waals surface area (Å²) in [6, 6.07) is 7.89. The Morgan fingerprint density at radius 1 is 1.50 bits per heavy atom. The number of carboxylic acids is 1. The molecule has 2 rings (SSSR count). The first-order valence-electron chi connectivity index (χ1n) is 6.42. The van der Waals surface area contributed by atoms with Crippen LogP contribution in [0.15, 0.2) is 24.3 Å². The number of nitrogens with zero attached hydrogens (tertiary/aromatic N) is 2. The van der Waals surface area contributed by atoms with Crippen LogP contribution in [-0.2, 0) is 9.53 Å². The molecule has 0 amide bonds. The molecule has 0 aliphatic rings. The lowest BCUT2D eigenvalue weighted by Gasteiger charge is -2.25. The lowest BCUT2D eigenvalue weighted by molar-refractivity contribution is -0.139. The van der Waals surface area contributed by atoms with Gasteiger partial charge in [-0.3, -0.25) is 9.69 Å². The van der Waals surface area contributed by atoms with Crippen LogP contribution in [0.3, 0.4) is 0 Å². The number of para-hydroxylation sites is 1. The quantitative estimate of drug-likeness (QED) is 0.849. The van der Waals surface area contributed by atoms with Gasteiger partial charge in [0, 0.05) is 13.7 Å². The van der Waals surface area contributed by atoms with Crippen LogP contribution in [0.2, 0.25) is 0 Å². The molecule has 0 fully saturated rings. The van der Waals surface area contributed by atoms with Crippen molar-refractivity contribution in [2.24, 2.45) is 0 Å². The van der Waals surface area contributed by atoms with Crippen molar-refractivity contribution in [2.75, 3.05) is 26.8 Å². The minimum Gasteiger partial charge on any atom is -0.480 e. The molecule has 0 saturated carbocycles. The Hall–Kier alpha value is -1.50. The van der Waals surface area contributed by atoms with Crippen LogP contribution in [0.5, 0.6) is 0 Å². The molecule has 0 aliphatic heterocycles. The van der Waals surface area contributed by atoms with Crippen molar-refractivity contribution < 1.29 is 14.6 Å². The summed E-state index contributed by atoms with van der Waals surface area (Å²) in [5.74, 6) is -0.839. The Bertz CT molecular complexity index is 552. The highest BCUT2D eigenvalue weighted by Crippen LogP contribution is 2.29. The molecule has 2 aromatic rings. The summed E-state index contributed by atoms with van der Waals surface area (Å²) in [5, 5.41) is 9.95. The van der Waals surface area contributed by atoms with E-state index in [-0.39, 0.29) is 12.6 Å². The fourth-order valence-electron chi connectivity index (χ4n) is 2.02. The number of thiazole rings is 1. The van der Waals surface area contributed by atoms with Gasteiger partial charge in [-0.1, -0.05) is 12.1 Å². The van der Waals surface area contributed by atoms with Gasteiger partial charge in [0.2, 0.25) is 0 Å². The molecule has 5 nitrogen and oxygen atoms in total. The van der Waals surface area contributed by atoms with E-state index in [9.17, 15) is 4.79 Å². The van der Waals surface area contributed by atoms with Crippen LogP contribution in [-0.4, -0.2) is 47.8 Å². The number of carboxylic acid groups (broad SMARTS) is 1. The maximum absolute atomic E-state index is 11.0. The Morgan fingerprint density at radius 2 is 2.25 bits per heavy atom. The molecule has 20 heavy (non-hydrogen) atoms. The highest BCUT2D eigenvalue weighted by Gasteiger charge is 2.21. The lowest BCUT2D eigenvalue weighted by atomic mass is 10.3. The van der Waals surface area contributed by atoms with Crippen LogP contribution < -0.4 is 0 Å². The van der Waals surface area contributed by atoms with Crippen molar-refractivity contribution in [1.82, 2.24) is 9.88 Å². The molecule has 1 unspecified atom stereocenters. The van der Waals surface area contributed by atoms with Gasteiger partial charge in [0.25, 0.3) is 0 Å². The Morgan fingerprint density at radius 3 is 2.90 bits per heavy atom. The monoisotopic (exact) mass is 294 g/mol. The normalized spacial score (nSPS) is 12.9. The minimum atomic E-state index is -0.839. The average Bonchev–Trinajstić information content (AvgIpc) is 2.86. The zero-order valence-corrected chi connectivity index (χ0v) is 12.4. The van der Waals surface area contributed by atoms with Crippen LogP contribution >= 0.6 is 11.3 Å². The maximum Gasteiger partial charge on any atom is 0.317 e. The smallest absolute Gasteiger partial charge is 0.317 e. The zero-order chi connectivity index (χ0) is 14.5. The van der Waals surface area contributed by atoms with Crippen LogP contribution in [0.4, 0.5) is 0 Å². The minimum absolute atomic E-state index is 0.0134. The summed E-state index contributed by atoms with van der Waals surface area (Å²) in [7, 11) is 1.61. The van der Waals surface area contributed by atoms with E-state index in [1.54, 1.807) is 18.4 Å². The van der Waals surface area contributed by atoms with Crippen molar-refractivity contribution in [2.45, 2.75) is 13.0 Å². The van der Waals surface area contributed by atoms with Gasteiger partial charge in [0.1, 0.15) is 5.01 Å². The van der Waals surface area contributed by atoms with Gasteiger partial charge in [-0.15, -0.1) is 11.3 Å². The summed E-state index contributed by atoms with van der Waals surface area (Å²) in [4.78, 5) is 17.4. The van der Waals surface area contributed by atoms with Crippen LogP contribution in [0.25, 0.3) is 10.2 Å². The second-order valence-electron chi connectivity index (χ2n) is 4.55.